The summed E-state index contributed by atoms with van der Waals surface area (Å²) in [5.41, 5.74) is 3.49. The molecule has 3 aromatic rings. The van der Waals surface area contributed by atoms with Crippen LogP contribution < -0.4 is 5.32 Å². The van der Waals surface area contributed by atoms with E-state index in [-0.39, 0.29) is 0 Å². The molecule has 2 aromatic heterocycles. The summed E-state index contributed by atoms with van der Waals surface area (Å²) in [6, 6.07) is 14.5. The molecule has 1 N–H and O–H groups in total. The van der Waals surface area contributed by atoms with Crippen molar-refractivity contribution in [1.82, 2.24) is 14.5 Å². The second kappa shape index (κ2) is 5.05. The molecular weight excluding hydrogens is 260 g/mol. The van der Waals surface area contributed by atoms with Gasteiger partial charge in [0.15, 0.2) is 0 Å². The van der Waals surface area contributed by atoms with Crippen molar-refractivity contribution in [1.29, 1.82) is 0 Å². The van der Waals surface area contributed by atoms with Gasteiger partial charge in [0.1, 0.15) is 0 Å². The minimum atomic E-state index is 0.457. The summed E-state index contributed by atoms with van der Waals surface area (Å²) < 4.78 is 2.21. The van der Waals surface area contributed by atoms with E-state index in [4.69, 9.17) is 0 Å². The summed E-state index contributed by atoms with van der Waals surface area (Å²) >= 11 is 0. The van der Waals surface area contributed by atoms with Gasteiger partial charge in [-0.15, -0.1) is 0 Å². The van der Waals surface area contributed by atoms with Crippen LogP contribution in [-0.4, -0.2) is 21.1 Å². The van der Waals surface area contributed by atoms with Crippen LogP contribution in [0.25, 0.3) is 11.3 Å². The van der Waals surface area contributed by atoms with E-state index < -0.39 is 0 Å². The van der Waals surface area contributed by atoms with Gasteiger partial charge in [-0.3, -0.25) is 4.98 Å². The molecule has 1 aliphatic heterocycles. The van der Waals surface area contributed by atoms with Crippen molar-refractivity contribution in [3.05, 3.63) is 66.6 Å². The Balaban J connectivity index is 1.63. The molecule has 4 nitrogen and oxygen atoms in total. The predicted octanol–water partition coefficient (Wildman–Crippen LogP) is 3.15. The lowest BCUT2D eigenvalue weighted by molar-refractivity contribution is 0.548. The fraction of sp³-hybridized carbons (Fsp3) is 0.176. The molecule has 0 amide bonds. The molecule has 21 heavy (non-hydrogen) atoms. The number of hydrogen-bond acceptors (Lipinski definition) is 3. The second-order valence-corrected chi connectivity index (χ2v) is 5.33. The van der Waals surface area contributed by atoms with E-state index in [1.807, 2.05) is 30.6 Å². The van der Waals surface area contributed by atoms with E-state index in [9.17, 15) is 0 Å². The van der Waals surface area contributed by atoms with Crippen molar-refractivity contribution in [2.45, 2.75) is 12.5 Å². The number of nitrogens with zero attached hydrogens (tertiary/aromatic N) is 3. The highest BCUT2D eigenvalue weighted by atomic mass is 15.2. The minimum Gasteiger partial charge on any atom is -0.355 e. The summed E-state index contributed by atoms with van der Waals surface area (Å²) in [7, 11) is 0. The second-order valence-electron chi connectivity index (χ2n) is 5.33. The molecule has 0 spiro atoms. The van der Waals surface area contributed by atoms with E-state index in [1.165, 1.54) is 5.56 Å². The van der Waals surface area contributed by atoms with Crippen molar-refractivity contribution >= 4 is 5.95 Å². The molecule has 3 heterocycles. The van der Waals surface area contributed by atoms with Gasteiger partial charge >= 0.3 is 0 Å². The van der Waals surface area contributed by atoms with Gasteiger partial charge in [-0.2, -0.15) is 0 Å². The number of imidazole rings is 1. The highest BCUT2D eigenvalue weighted by Gasteiger charge is 2.21. The number of rotatable bonds is 2. The summed E-state index contributed by atoms with van der Waals surface area (Å²) in [4.78, 5) is 8.78. The molecule has 0 radical (unpaired) electrons. The van der Waals surface area contributed by atoms with Crippen LogP contribution in [0, 0.1) is 0 Å². The molecule has 4 rings (SSSR count). The van der Waals surface area contributed by atoms with E-state index >= 15 is 0 Å². The van der Waals surface area contributed by atoms with Crippen molar-refractivity contribution in [2.75, 3.05) is 11.9 Å². The fourth-order valence-electron chi connectivity index (χ4n) is 2.82. The number of fused-ring (bicyclic) bond motifs is 1. The molecule has 104 valence electrons. The molecule has 0 saturated carbocycles. The molecule has 4 heteroatoms. The zero-order chi connectivity index (χ0) is 14.1. The largest absolute Gasteiger partial charge is 0.355 e. The van der Waals surface area contributed by atoms with Crippen LogP contribution in [0.3, 0.4) is 0 Å². The van der Waals surface area contributed by atoms with Gasteiger partial charge in [-0.1, -0.05) is 30.3 Å². The zero-order valence-corrected chi connectivity index (χ0v) is 11.6. The standard InChI is InChI=1S/C17H16N4/c1-2-4-14(5-3-1)16-12-21-11-15(10-19-17(21)20-16)13-6-8-18-9-7-13/h1-9,12,15H,10-11H2,(H,19,20). The van der Waals surface area contributed by atoms with E-state index in [2.05, 4.69) is 50.3 Å². The lowest BCUT2D eigenvalue weighted by Crippen LogP contribution is -2.25. The monoisotopic (exact) mass is 276 g/mol. The molecule has 1 aromatic carbocycles. The van der Waals surface area contributed by atoms with E-state index in [1.54, 1.807) is 0 Å². The molecule has 0 bridgehead atoms. The number of aromatic nitrogens is 3. The van der Waals surface area contributed by atoms with Crippen LogP contribution in [0.5, 0.6) is 0 Å². The van der Waals surface area contributed by atoms with Gasteiger partial charge in [0.2, 0.25) is 5.95 Å². The normalized spacial score (nSPS) is 17.0. The molecular formula is C17H16N4. The maximum atomic E-state index is 4.69. The number of benzene rings is 1. The molecule has 1 atom stereocenters. The highest BCUT2D eigenvalue weighted by Crippen LogP contribution is 2.28. The summed E-state index contributed by atoms with van der Waals surface area (Å²) in [5.74, 6) is 1.41. The van der Waals surface area contributed by atoms with Crippen LogP contribution >= 0.6 is 0 Å². The number of hydrogen-bond donors (Lipinski definition) is 1. The number of pyridine rings is 1. The van der Waals surface area contributed by atoms with Crippen molar-refractivity contribution in [3.63, 3.8) is 0 Å². The highest BCUT2D eigenvalue weighted by molar-refractivity contribution is 5.60. The predicted molar refractivity (Wildman–Crippen MR) is 83.1 cm³/mol. The lowest BCUT2D eigenvalue weighted by atomic mass is 9.99. The van der Waals surface area contributed by atoms with Gasteiger partial charge in [0, 0.05) is 43.2 Å². The molecule has 1 unspecified atom stereocenters. The first-order chi connectivity index (χ1) is 10.4. The first-order valence-electron chi connectivity index (χ1n) is 7.16. The van der Waals surface area contributed by atoms with Crippen LogP contribution in [0.4, 0.5) is 5.95 Å². The summed E-state index contributed by atoms with van der Waals surface area (Å²) in [6.07, 6.45) is 5.84. The van der Waals surface area contributed by atoms with Gasteiger partial charge in [-0.25, -0.2) is 4.98 Å². The first kappa shape index (κ1) is 12.1. The number of nitrogens with one attached hydrogen (secondary N) is 1. The lowest BCUT2D eigenvalue weighted by Gasteiger charge is -2.25. The fourth-order valence-corrected chi connectivity index (χ4v) is 2.82. The number of anilines is 1. The Morgan fingerprint density at radius 3 is 2.67 bits per heavy atom. The minimum absolute atomic E-state index is 0.457. The average molecular weight is 276 g/mol. The van der Waals surface area contributed by atoms with Gasteiger partial charge in [-0.05, 0) is 17.7 Å². The molecule has 0 saturated heterocycles. The third-order valence-electron chi connectivity index (χ3n) is 3.95. The Labute approximate surface area is 123 Å². The SMILES string of the molecule is c1ccc(-c2cn3c(n2)NCC(c2ccncc2)C3)cc1. The molecule has 1 aliphatic rings. The van der Waals surface area contributed by atoms with Crippen LogP contribution in [-0.2, 0) is 6.54 Å². The Kier molecular flexibility index (Phi) is 2.92. The van der Waals surface area contributed by atoms with Crippen LogP contribution in [0.1, 0.15) is 11.5 Å². The van der Waals surface area contributed by atoms with Crippen molar-refractivity contribution < 1.29 is 0 Å². The van der Waals surface area contributed by atoms with Gasteiger partial charge in [0.05, 0.1) is 5.69 Å². The Morgan fingerprint density at radius 2 is 1.86 bits per heavy atom. The third kappa shape index (κ3) is 2.29. The molecule has 0 fully saturated rings. The molecule has 0 aliphatic carbocycles. The quantitative estimate of drug-likeness (QED) is 0.782. The zero-order valence-electron chi connectivity index (χ0n) is 11.6. The Morgan fingerprint density at radius 1 is 1.05 bits per heavy atom. The Hall–Kier alpha value is -2.62. The summed E-state index contributed by atoms with van der Waals surface area (Å²) in [5, 5.41) is 3.43. The third-order valence-corrected chi connectivity index (χ3v) is 3.95. The topological polar surface area (TPSA) is 42.7 Å². The van der Waals surface area contributed by atoms with E-state index in [0.29, 0.717) is 5.92 Å². The first-order valence-corrected chi connectivity index (χ1v) is 7.16. The summed E-state index contributed by atoms with van der Waals surface area (Å²) in [6.45, 7) is 1.86. The maximum Gasteiger partial charge on any atom is 0.203 e. The van der Waals surface area contributed by atoms with Crippen LogP contribution in [0.2, 0.25) is 0 Å². The average Bonchev–Trinajstić information content (AvgIpc) is 2.99. The Bertz CT molecular complexity index is 734. The van der Waals surface area contributed by atoms with Gasteiger partial charge in [0.25, 0.3) is 0 Å². The van der Waals surface area contributed by atoms with Crippen molar-refractivity contribution in [2.24, 2.45) is 0 Å². The van der Waals surface area contributed by atoms with Gasteiger partial charge < -0.3 is 9.88 Å². The van der Waals surface area contributed by atoms with Crippen LogP contribution in [0.15, 0.2) is 61.1 Å². The maximum absolute atomic E-state index is 4.69. The smallest absolute Gasteiger partial charge is 0.203 e. The van der Waals surface area contributed by atoms with Crippen molar-refractivity contribution in [3.8, 4) is 11.3 Å². The van der Waals surface area contributed by atoms with E-state index in [0.717, 1.165) is 30.3 Å².